The first-order chi connectivity index (χ1) is 6.84. The smallest absolute Gasteiger partial charge is 0.135 e. The van der Waals surface area contributed by atoms with Crippen LogP contribution in [0.5, 0.6) is 0 Å². The highest BCUT2D eigenvalue weighted by molar-refractivity contribution is 7.18. The highest BCUT2D eigenvalue weighted by atomic mass is 32.1. The zero-order valence-electron chi connectivity index (χ0n) is 7.73. The third-order valence-corrected chi connectivity index (χ3v) is 4.09. The van der Waals surface area contributed by atoms with Gasteiger partial charge in [0.2, 0.25) is 0 Å². The Morgan fingerprint density at radius 2 is 2.21 bits per heavy atom. The molecule has 1 saturated carbocycles. The zero-order chi connectivity index (χ0) is 9.54. The molecule has 0 unspecified atom stereocenters. The fourth-order valence-corrected chi connectivity index (χ4v) is 2.96. The number of rotatable bonds is 1. The molecule has 1 aliphatic rings. The maximum atomic E-state index is 5.78. The molecule has 0 bridgehead atoms. The van der Waals surface area contributed by atoms with Gasteiger partial charge in [-0.2, -0.15) is 0 Å². The van der Waals surface area contributed by atoms with Crippen LogP contribution >= 0.6 is 11.3 Å². The van der Waals surface area contributed by atoms with Crippen molar-refractivity contribution in [2.75, 3.05) is 5.73 Å². The minimum Gasteiger partial charge on any atom is -0.383 e. The van der Waals surface area contributed by atoms with Crippen LogP contribution in [-0.4, -0.2) is 9.97 Å². The van der Waals surface area contributed by atoms with Crippen molar-refractivity contribution in [3.63, 3.8) is 0 Å². The van der Waals surface area contributed by atoms with E-state index < -0.39 is 0 Å². The van der Waals surface area contributed by atoms with E-state index >= 15 is 0 Å². The van der Waals surface area contributed by atoms with Crippen molar-refractivity contribution in [2.45, 2.75) is 25.2 Å². The first-order valence-corrected chi connectivity index (χ1v) is 5.66. The molecule has 2 N–H and O–H groups in total. The van der Waals surface area contributed by atoms with E-state index in [1.54, 1.807) is 17.7 Å². The number of nitrogens with zero attached hydrogens (tertiary/aromatic N) is 2. The summed E-state index contributed by atoms with van der Waals surface area (Å²) in [5.41, 5.74) is 5.78. The van der Waals surface area contributed by atoms with Gasteiger partial charge >= 0.3 is 0 Å². The Morgan fingerprint density at radius 3 is 2.86 bits per heavy atom. The maximum absolute atomic E-state index is 5.78. The van der Waals surface area contributed by atoms with Gasteiger partial charge in [0, 0.05) is 4.88 Å². The Morgan fingerprint density at radius 1 is 1.36 bits per heavy atom. The minimum absolute atomic E-state index is 0.608. The van der Waals surface area contributed by atoms with Gasteiger partial charge in [0.1, 0.15) is 17.0 Å². The van der Waals surface area contributed by atoms with Gasteiger partial charge in [0.05, 0.1) is 5.39 Å². The Balaban J connectivity index is 2.15. The van der Waals surface area contributed by atoms with E-state index in [2.05, 4.69) is 16.0 Å². The molecule has 1 aliphatic carbocycles. The summed E-state index contributed by atoms with van der Waals surface area (Å²) in [5.74, 6) is 1.37. The number of nitrogen functional groups attached to an aromatic ring is 1. The molecule has 2 heterocycles. The van der Waals surface area contributed by atoms with Crippen LogP contribution < -0.4 is 5.73 Å². The molecule has 0 saturated heterocycles. The van der Waals surface area contributed by atoms with Crippen LogP contribution in [0.15, 0.2) is 12.4 Å². The van der Waals surface area contributed by atoms with Crippen LogP contribution in [0.3, 0.4) is 0 Å². The third kappa shape index (κ3) is 1.10. The second-order valence-electron chi connectivity index (χ2n) is 3.75. The molecule has 3 rings (SSSR count). The molecule has 2 aromatic heterocycles. The largest absolute Gasteiger partial charge is 0.383 e. The van der Waals surface area contributed by atoms with Gasteiger partial charge in [0.25, 0.3) is 0 Å². The molecular formula is C10H11N3S. The van der Waals surface area contributed by atoms with Crippen LogP contribution in [0.2, 0.25) is 0 Å². The predicted molar refractivity (Wildman–Crippen MR) is 58.4 cm³/mol. The van der Waals surface area contributed by atoms with Crippen LogP contribution in [0.25, 0.3) is 10.2 Å². The quantitative estimate of drug-likeness (QED) is 0.778. The summed E-state index contributed by atoms with van der Waals surface area (Å²) in [6.45, 7) is 0. The molecule has 0 amide bonds. The van der Waals surface area contributed by atoms with Gasteiger partial charge in [-0.1, -0.05) is 6.42 Å². The summed E-state index contributed by atoms with van der Waals surface area (Å²) in [6.07, 6.45) is 5.54. The van der Waals surface area contributed by atoms with Crippen LogP contribution in [0.4, 0.5) is 5.82 Å². The number of fused-ring (bicyclic) bond motifs is 1. The Kier molecular flexibility index (Phi) is 1.70. The van der Waals surface area contributed by atoms with Crippen molar-refractivity contribution in [1.82, 2.24) is 9.97 Å². The van der Waals surface area contributed by atoms with Gasteiger partial charge in [-0.3, -0.25) is 0 Å². The fourth-order valence-electron chi connectivity index (χ4n) is 1.79. The topological polar surface area (TPSA) is 51.8 Å². The van der Waals surface area contributed by atoms with Gasteiger partial charge in [-0.05, 0) is 24.8 Å². The molecule has 4 heteroatoms. The lowest BCUT2D eigenvalue weighted by molar-refractivity contribution is 0.426. The van der Waals surface area contributed by atoms with Gasteiger partial charge < -0.3 is 5.73 Å². The first-order valence-electron chi connectivity index (χ1n) is 4.84. The molecule has 72 valence electrons. The van der Waals surface area contributed by atoms with Gasteiger partial charge in [0.15, 0.2) is 0 Å². The van der Waals surface area contributed by atoms with Crippen molar-refractivity contribution in [1.29, 1.82) is 0 Å². The second-order valence-corrected chi connectivity index (χ2v) is 4.82. The summed E-state index contributed by atoms with van der Waals surface area (Å²) in [7, 11) is 0. The molecule has 0 radical (unpaired) electrons. The molecule has 2 aromatic rings. The Labute approximate surface area is 86.0 Å². The number of anilines is 1. The maximum Gasteiger partial charge on any atom is 0.135 e. The summed E-state index contributed by atoms with van der Waals surface area (Å²) in [4.78, 5) is 10.7. The van der Waals surface area contributed by atoms with Crippen molar-refractivity contribution >= 4 is 27.4 Å². The number of nitrogens with two attached hydrogens (primary N) is 1. The molecule has 0 aromatic carbocycles. The van der Waals surface area contributed by atoms with Crippen molar-refractivity contribution in [3.8, 4) is 0 Å². The van der Waals surface area contributed by atoms with Crippen molar-refractivity contribution < 1.29 is 0 Å². The first kappa shape index (κ1) is 8.17. The Bertz CT molecular complexity index is 473. The normalized spacial score (nSPS) is 17.1. The van der Waals surface area contributed by atoms with E-state index in [0.717, 1.165) is 16.1 Å². The van der Waals surface area contributed by atoms with E-state index in [0.29, 0.717) is 5.82 Å². The lowest BCUT2D eigenvalue weighted by Gasteiger charge is -2.23. The van der Waals surface area contributed by atoms with E-state index in [9.17, 15) is 0 Å². The average Bonchev–Trinajstić information content (AvgIpc) is 2.46. The van der Waals surface area contributed by atoms with E-state index in [4.69, 9.17) is 5.73 Å². The SMILES string of the molecule is Nc1ncnc2sc(C3CCC3)cc12. The molecule has 14 heavy (non-hydrogen) atoms. The van der Waals surface area contributed by atoms with Gasteiger partial charge in [-0.15, -0.1) is 11.3 Å². The zero-order valence-corrected chi connectivity index (χ0v) is 8.55. The van der Waals surface area contributed by atoms with E-state index in [1.165, 1.54) is 24.1 Å². The fraction of sp³-hybridized carbons (Fsp3) is 0.400. The lowest BCUT2D eigenvalue weighted by atomic mass is 9.84. The highest BCUT2D eigenvalue weighted by Crippen LogP contribution is 2.41. The second kappa shape index (κ2) is 2.92. The summed E-state index contributed by atoms with van der Waals surface area (Å²) >= 11 is 1.76. The lowest BCUT2D eigenvalue weighted by Crippen LogP contribution is -2.06. The van der Waals surface area contributed by atoms with Crippen LogP contribution in [0.1, 0.15) is 30.1 Å². The number of aromatic nitrogens is 2. The van der Waals surface area contributed by atoms with Gasteiger partial charge in [-0.25, -0.2) is 9.97 Å². The average molecular weight is 205 g/mol. The summed E-state index contributed by atoms with van der Waals surface area (Å²) < 4.78 is 0. The van der Waals surface area contributed by atoms with Crippen molar-refractivity contribution in [2.24, 2.45) is 0 Å². The van der Waals surface area contributed by atoms with E-state index in [1.807, 2.05) is 0 Å². The molecule has 0 aliphatic heterocycles. The highest BCUT2D eigenvalue weighted by Gasteiger charge is 2.22. The standard InChI is InChI=1S/C10H11N3S/c11-9-7-4-8(6-2-1-3-6)14-10(7)13-5-12-9/h4-6H,1-3H2,(H2,11,12,13). The number of thiophene rings is 1. The number of hydrogen-bond acceptors (Lipinski definition) is 4. The minimum atomic E-state index is 0.608. The molecule has 0 atom stereocenters. The molecule has 0 spiro atoms. The third-order valence-electron chi connectivity index (χ3n) is 2.89. The molecule has 1 fully saturated rings. The predicted octanol–water partition coefficient (Wildman–Crippen LogP) is 2.54. The number of hydrogen-bond donors (Lipinski definition) is 1. The monoisotopic (exact) mass is 205 g/mol. The Hall–Kier alpha value is -1.16. The molecule has 3 nitrogen and oxygen atoms in total. The van der Waals surface area contributed by atoms with Crippen LogP contribution in [-0.2, 0) is 0 Å². The van der Waals surface area contributed by atoms with Crippen LogP contribution in [0, 0.1) is 0 Å². The molecular weight excluding hydrogens is 194 g/mol. The summed E-state index contributed by atoms with van der Waals surface area (Å²) in [6, 6.07) is 2.17. The van der Waals surface area contributed by atoms with Crippen molar-refractivity contribution in [3.05, 3.63) is 17.3 Å². The summed E-state index contributed by atoms with van der Waals surface area (Å²) in [5, 5.41) is 1.03. The van der Waals surface area contributed by atoms with E-state index in [-0.39, 0.29) is 0 Å².